The van der Waals surface area contributed by atoms with Crippen LogP contribution >= 0.6 is 11.5 Å². The Morgan fingerprint density at radius 3 is 3.12 bits per heavy atom. The lowest BCUT2D eigenvalue weighted by atomic mass is 10.2. The van der Waals surface area contributed by atoms with E-state index in [9.17, 15) is 0 Å². The van der Waals surface area contributed by atoms with Gasteiger partial charge in [0.1, 0.15) is 16.6 Å². The monoisotopic (exact) mass is 248 g/mol. The summed E-state index contributed by atoms with van der Waals surface area (Å²) in [5.41, 5.74) is 7.14. The summed E-state index contributed by atoms with van der Waals surface area (Å²) in [6.07, 6.45) is 4.64. The van der Waals surface area contributed by atoms with E-state index < -0.39 is 0 Å². The number of aryl methyl sites for hydroxylation is 1. The molecule has 0 saturated heterocycles. The van der Waals surface area contributed by atoms with Crippen molar-refractivity contribution in [1.29, 1.82) is 5.26 Å². The second-order valence-electron chi connectivity index (χ2n) is 3.58. The Labute approximate surface area is 103 Å². The fourth-order valence-electron chi connectivity index (χ4n) is 1.45. The zero-order chi connectivity index (χ0) is 12.3. The third-order valence-electron chi connectivity index (χ3n) is 2.29. The van der Waals surface area contributed by atoms with Gasteiger partial charge < -0.3 is 11.1 Å². The van der Waals surface area contributed by atoms with Gasteiger partial charge >= 0.3 is 0 Å². The molecular weight excluding hydrogens is 236 g/mol. The SMILES string of the molecule is Cn1cc(CCNc2snc(N)c2C#N)cn1. The topological polar surface area (TPSA) is 92.5 Å². The third kappa shape index (κ3) is 2.54. The zero-order valence-corrected chi connectivity index (χ0v) is 10.2. The van der Waals surface area contributed by atoms with Gasteiger partial charge in [-0.15, -0.1) is 0 Å². The summed E-state index contributed by atoms with van der Waals surface area (Å²) in [5.74, 6) is 0.293. The molecule has 0 aliphatic heterocycles. The van der Waals surface area contributed by atoms with Crippen LogP contribution in [0.25, 0.3) is 0 Å². The van der Waals surface area contributed by atoms with Crippen molar-refractivity contribution in [3.8, 4) is 6.07 Å². The number of nitrogens with two attached hydrogens (primary N) is 1. The first-order valence-electron chi connectivity index (χ1n) is 5.07. The van der Waals surface area contributed by atoms with Crippen LogP contribution in [-0.2, 0) is 13.5 Å². The molecular formula is C10H12N6S. The minimum atomic E-state index is 0.293. The highest BCUT2D eigenvalue weighted by Gasteiger charge is 2.09. The van der Waals surface area contributed by atoms with Crippen molar-refractivity contribution in [3.63, 3.8) is 0 Å². The second kappa shape index (κ2) is 4.84. The van der Waals surface area contributed by atoms with Gasteiger partial charge in [0.15, 0.2) is 5.82 Å². The standard InChI is InChI=1S/C10H12N6S/c1-16-6-7(5-14-16)2-3-13-10-8(4-11)9(12)15-17-10/h5-6,13H,2-3H2,1H3,(H2,12,15). The van der Waals surface area contributed by atoms with Crippen LogP contribution < -0.4 is 11.1 Å². The molecule has 0 aromatic carbocycles. The van der Waals surface area contributed by atoms with E-state index in [4.69, 9.17) is 11.0 Å². The van der Waals surface area contributed by atoms with Gasteiger partial charge in [-0.25, -0.2) is 0 Å². The Hall–Kier alpha value is -2.07. The zero-order valence-electron chi connectivity index (χ0n) is 9.34. The fraction of sp³-hybridized carbons (Fsp3) is 0.300. The van der Waals surface area contributed by atoms with Gasteiger partial charge in [0.2, 0.25) is 0 Å². The van der Waals surface area contributed by atoms with E-state index in [1.165, 1.54) is 11.5 Å². The maximum absolute atomic E-state index is 8.89. The van der Waals surface area contributed by atoms with E-state index in [0.29, 0.717) is 11.4 Å². The average molecular weight is 248 g/mol. The summed E-state index contributed by atoms with van der Waals surface area (Å²) in [7, 11) is 1.88. The van der Waals surface area contributed by atoms with Crippen LogP contribution in [0.15, 0.2) is 12.4 Å². The van der Waals surface area contributed by atoms with Gasteiger partial charge in [0.05, 0.1) is 6.20 Å². The maximum Gasteiger partial charge on any atom is 0.157 e. The van der Waals surface area contributed by atoms with Gasteiger partial charge in [-0.3, -0.25) is 4.68 Å². The summed E-state index contributed by atoms with van der Waals surface area (Å²) in [5, 5.41) is 16.9. The first kappa shape index (κ1) is 11.4. The molecule has 17 heavy (non-hydrogen) atoms. The van der Waals surface area contributed by atoms with Crippen molar-refractivity contribution in [3.05, 3.63) is 23.5 Å². The molecule has 0 radical (unpaired) electrons. The number of nitrogen functional groups attached to an aromatic ring is 1. The molecule has 6 nitrogen and oxygen atoms in total. The smallest absolute Gasteiger partial charge is 0.157 e. The van der Waals surface area contributed by atoms with E-state index in [1.54, 1.807) is 4.68 Å². The molecule has 2 rings (SSSR count). The third-order valence-corrected chi connectivity index (χ3v) is 3.11. The Morgan fingerprint density at radius 2 is 2.47 bits per heavy atom. The molecule has 0 atom stereocenters. The van der Waals surface area contributed by atoms with Crippen molar-refractivity contribution in [2.75, 3.05) is 17.6 Å². The van der Waals surface area contributed by atoms with Gasteiger partial charge in [-0.2, -0.15) is 14.7 Å². The quantitative estimate of drug-likeness (QED) is 0.841. The number of hydrogen-bond donors (Lipinski definition) is 2. The number of anilines is 2. The lowest BCUT2D eigenvalue weighted by Crippen LogP contribution is -2.04. The van der Waals surface area contributed by atoms with Crippen molar-refractivity contribution in [2.24, 2.45) is 7.05 Å². The predicted octanol–water partition coefficient (Wildman–Crippen LogP) is 0.985. The van der Waals surface area contributed by atoms with Gasteiger partial charge in [-0.1, -0.05) is 0 Å². The molecule has 0 aliphatic carbocycles. The largest absolute Gasteiger partial charge is 0.382 e. The molecule has 0 fully saturated rings. The first-order valence-corrected chi connectivity index (χ1v) is 5.84. The van der Waals surface area contributed by atoms with Gasteiger partial charge in [-0.05, 0) is 23.5 Å². The van der Waals surface area contributed by atoms with Gasteiger partial charge in [0.25, 0.3) is 0 Å². The molecule has 88 valence electrons. The van der Waals surface area contributed by atoms with E-state index >= 15 is 0 Å². The number of nitrogens with zero attached hydrogens (tertiary/aromatic N) is 4. The van der Waals surface area contributed by atoms with Crippen molar-refractivity contribution in [1.82, 2.24) is 14.2 Å². The normalized spacial score (nSPS) is 10.1. The van der Waals surface area contributed by atoms with Gasteiger partial charge in [0, 0.05) is 19.8 Å². The first-order chi connectivity index (χ1) is 8.20. The molecule has 3 N–H and O–H groups in total. The molecule has 2 heterocycles. The van der Waals surface area contributed by atoms with Crippen LogP contribution in [0.1, 0.15) is 11.1 Å². The van der Waals surface area contributed by atoms with E-state index in [-0.39, 0.29) is 0 Å². The Morgan fingerprint density at radius 1 is 1.65 bits per heavy atom. The Kier molecular flexibility index (Phi) is 3.25. The molecule has 7 heteroatoms. The van der Waals surface area contributed by atoms with Crippen molar-refractivity contribution < 1.29 is 0 Å². The molecule has 0 saturated carbocycles. The summed E-state index contributed by atoms with van der Waals surface area (Å²) in [6.45, 7) is 0.724. The molecule has 0 aliphatic rings. The summed E-state index contributed by atoms with van der Waals surface area (Å²) >= 11 is 1.21. The Bertz CT molecular complexity index is 549. The predicted molar refractivity (Wildman–Crippen MR) is 66.6 cm³/mol. The summed E-state index contributed by atoms with van der Waals surface area (Å²) in [6, 6.07) is 2.04. The Balaban J connectivity index is 1.92. The molecule has 0 amide bonds. The molecule has 0 unspecified atom stereocenters. The number of rotatable bonds is 4. The lowest BCUT2D eigenvalue weighted by Gasteiger charge is -2.01. The molecule has 0 spiro atoms. The van der Waals surface area contributed by atoms with Crippen LogP contribution in [0.3, 0.4) is 0 Å². The number of nitriles is 1. The van der Waals surface area contributed by atoms with Crippen molar-refractivity contribution >= 4 is 22.4 Å². The van der Waals surface area contributed by atoms with Crippen LogP contribution in [-0.4, -0.2) is 20.7 Å². The number of hydrogen-bond acceptors (Lipinski definition) is 6. The van der Waals surface area contributed by atoms with Crippen LogP contribution in [0.2, 0.25) is 0 Å². The summed E-state index contributed by atoms with van der Waals surface area (Å²) in [4.78, 5) is 0. The highest BCUT2D eigenvalue weighted by Crippen LogP contribution is 2.25. The number of nitrogens with one attached hydrogen (secondary N) is 1. The molecule has 2 aromatic heterocycles. The van der Waals surface area contributed by atoms with Crippen LogP contribution in [0.5, 0.6) is 0 Å². The average Bonchev–Trinajstić information content (AvgIpc) is 2.86. The second-order valence-corrected chi connectivity index (χ2v) is 4.36. The lowest BCUT2D eigenvalue weighted by molar-refractivity contribution is 0.767. The molecule has 0 bridgehead atoms. The minimum Gasteiger partial charge on any atom is -0.382 e. The van der Waals surface area contributed by atoms with Crippen LogP contribution in [0.4, 0.5) is 10.8 Å². The van der Waals surface area contributed by atoms with E-state index in [0.717, 1.165) is 23.5 Å². The number of aromatic nitrogens is 3. The van der Waals surface area contributed by atoms with E-state index in [1.807, 2.05) is 25.5 Å². The fourth-order valence-corrected chi connectivity index (χ4v) is 2.14. The highest BCUT2D eigenvalue weighted by molar-refractivity contribution is 7.10. The minimum absolute atomic E-state index is 0.293. The highest BCUT2D eigenvalue weighted by atomic mass is 32.1. The van der Waals surface area contributed by atoms with Crippen LogP contribution in [0, 0.1) is 11.3 Å². The molecule has 2 aromatic rings. The van der Waals surface area contributed by atoms with E-state index in [2.05, 4.69) is 14.8 Å². The summed E-state index contributed by atoms with van der Waals surface area (Å²) < 4.78 is 5.70. The van der Waals surface area contributed by atoms with Crippen molar-refractivity contribution in [2.45, 2.75) is 6.42 Å². The maximum atomic E-state index is 8.89.